The molecule has 0 bridgehead atoms. The number of benzene rings is 1. The van der Waals surface area contributed by atoms with Gasteiger partial charge in [0.1, 0.15) is 5.75 Å². The molecule has 0 atom stereocenters. The summed E-state index contributed by atoms with van der Waals surface area (Å²) in [6.07, 6.45) is 1.91. The maximum absolute atomic E-state index is 5.28. The molecule has 0 amide bonds. The van der Waals surface area contributed by atoms with Gasteiger partial charge in [-0.2, -0.15) is 0 Å². The maximum atomic E-state index is 5.28. The molecule has 2 heterocycles. The highest BCUT2D eigenvalue weighted by molar-refractivity contribution is 5.58. The van der Waals surface area contributed by atoms with Gasteiger partial charge in [0.05, 0.1) is 12.8 Å². The second-order valence-electron chi connectivity index (χ2n) is 4.93. The number of fused-ring (bicyclic) bond motifs is 1. The molecule has 104 valence electrons. The van der Waals surface area contributed by atoms with Crippen LogP contribution in [0.3, 0.4) is 0 Å². The predicted molar refractivity (Wildman–Crippen MR) is 78.8 cm³/mol. The molecular formula is C16H19N3O. The van der Waals surface area contributed by atoms with Gasteiger partial charge in [-0.3, -0.25) is 0 Å². The van der Waals surface area contributed by atoms with Crippen LogP contribution < -0.4 is 10.1 Å². The number of nitrogens with one attached hydrogen (secondary N) is 1. The average molecular weight is 269 g/mol. The molecule has 1 aromatic carbocycles. The Hall–Kier alpha value is -1.94. The van der Waals surface area contributed by atoms with E-state index in [9.17, 15) is 0 Å². The zero-order valence-electron chi connectivity index (χ0n) is 11.9. The Kier molecular flexibility index (Phi) is 3.65. The van der Waals surface area contributed by atoms with E-state index < -0.39 is 0 Å². The summed E-state index contributed by atoms with van der Waals surface area (Å²) in [7, 11) is 1.68. The van der Waals surface area contributed by atoms with E-state index >= 15 is 0 Å². The molecular weight excluding hydrogens is 250 g/mol. The van der Waals surface area contributed by atoms with Gasteiger partial charge < -0.3 is 10.1 Å². The number of nitrogens with zero attached hydrogens (tertiary/aromatic N) is 2. The molecule has 0 saturated carbocycles. The number of aromatic nitrogens is 2. The van der Waals surface area contributed by atoms with Crippen molar-refractivity contribution in [3.05, 3.63) is 41.2 Å². The molecule has 20 heavy (non-hydrogen) atoms. The van der Waals surface area contributed by atoms with Crippen molar-refractivity contribution in [1.82, 2.24) is 15.3 Å². The van der Waals surface area contributed by atoms with Crippen molar-refractivity contribution in [2.45, 2.75) is 26.3 Å². The molecule has 4 heteroatoms. The molecule has 0 saturated heterocycles. The van der Waals surface area contributed by atoms with E-state index in [1.165, 1.54) is 11.3 Å². The van der Waals surface area contributed by atoms with Crippen molar-refractivity contribution in [3.63, 3.8) is 0 Å². The van der Waals surface area contributed by atoms with Crippen LogP contribution in [0.4, 0.5) is 0 Å². The molecule has 4 nitrogen and oxygen atoms in total. The first kappa shape index (κ1) is 13.1. The summed E-state index contributed by atoms with van der Waals surface area (Å²) < 4.78 is 5.28. The first-order chi connectivity index (χ1) is 9.81. The Morgan fingerprint density at radius 2 is 2.20 bits per heavy atom. The minimum Gasteiger partial charge on any atom is -0.497 e. The lowest BCUT2D eigenvalue weighted by molar-refractivity contribution is 0.415. The lowest BCUT2D eigenvalue weighted by Gasteiger charge is -2.19. The van der Waals surface area contributed by atoms with Crippen LogP contribution >= 0.6 is 0 Å². The van der Waals surface area contributed by atoms with Crippen molar-refractivity contribution >= 4 is 0 Å². The average Bonchev–Trinajstić information content (AvgIpc) is 2.53. The van der Waals surface area contributed by atoms with Gasteiger partial charge >= 0.3 is 0 Å². The number of ether oxygens (including phenoxy) is 1. The van der Waals surface area contributed by atoms with Crippen LogP contribution in [0.15, 0.2) is 24.3 Å². The van der Waals surface area contributed by atoms with Crippen LogP contribution in [0.2, 0.25) is 0 Å². The standard InChI is InChI=1S/C16H19N3O/c1-3-14-13-10-17-8-7-15(13)19-16(18-14)11-5-4-6-12(9-11)20-2/h4-6,9,17H,3,7-8,10H2,1-2H3. The first-order valence-corrected chi connectivity index (χ1v) is 7.05. The molecule has 1 aromatic heterocycles. The quantitative estimate of drug-likeness (QED) is 0.929. The van der Waals surface area contributed by atoms with Gasteiger partial charge in [0, 0.05) is 36.3 Å². The Bertz CT molecular complexity index is 608. The number of rotatable bonds is 3. The molecule has 0 unspecified atom stereocenters. The normalized spacial score (nSPS) is 13.9. The van der Waals surface area contributed by atoms with Crippen molar-refractivity contribution in [2.24, 2.45) is 0 Å². The Balaban J connectivity index is 2.09. The second-order valence-corrected chi connectivity index (χ2v) is 4.93. The van der Waals surface area contributed by atoms with Crippen molar-refractivity contribution < 1.29 is 4.74 Å². The van der Waals surface area contributed by atoms with E-state index in [1.807, 2.05) is 24.3 Å². The van der Waals surface area contributed by atoms with E-state index in [0.29, 0.717) is 0 Å². The van der Waals surface area contributed by atoms with Gasteiger partial charge in [-0.05, 0) is 18.6 Å². The smallest absolute Gasteiger partial charge is 0.159 e. The SMILES string of the molecule is CCc1nc(-c2cccc(OC)c2)nc2c1CNCC2. The fraction of sp³-hybridized carbons (Fsp3) is 0.375. The van der Waals surface area contributed by atoms with Crippen molar-refractivity contribution in [2.75, 3.05) is 13.7 Å². The highest BCUT2D eigenvalue weighted by atomic mass is 16.5. The summed E-state index contributed by atoms with van der Waals surface area (Å²) in [5.74, 6) is 1.64. The van der Waals surface area contributed by atoms with E-state index in [1.54, 1.807) is 7.11 Å². The lowest BCUT2D eigenvalue weighted by Crippen LogP contribution is -2.26. The molecule has 3 rings (SSSR count). The van der Waals surface area contributed by atoms with Crippen molar-refractivity contribution in [3.8, 4) is 17.1 Å². The van der Waals surface area contributed by atoms with Gasteiger partial charge in [-0.25, -0.2) is 9.97 Å². The number of aryl methyl sites for hydroxylation is 1. The van der Waals surface area contributed by atoms with Crippen LogP contribution in [-0.4, -0.2) is 23.6 Å². The van der Waals surface area contributed by atoms with Crippen LogP contribution in [0.5, 0.6) is 5.75 Å². The van der Waals surface area contributed by atoms with Crippen LogP contribution in [-0.2, 0) is 19.4 Å². The van der Waals surface area contributed by atoms with Crippen LogP contribution in [0.1, 0.15) is 23.9 Å². The maximum Gasteiger partial charge on any atom is 0.159 e. The third-order valence-corrected chi connectivity index (χ3v) is 3.68. The van der Waals surface area contributed by atoms with Gasteiger partial charge in [0.15, 0.2) is 5.82 Å². The van der Waals surface area contributed by atoms with Gasteiger partial charge in [-0.15, -0.1) is 0 Å². The first-order valence-electron chi connectivity index (χ1n) is 7.05. The van der Waals surface area contributed by atoms with Gasteiger partial charge in [0.2, 0.25) is 0 Å². The molecule has 1 aliphatic rings. The van der Waals surface area contributed by atoms with Crippen LogP contribution in [0, 0.1) is 0 Å². The monoisotopic (exact) mass is 269 g/mol. The third-order valence-electron chi connectivity index (χ3n) is 3.68. The molecule has 0 spiro atoms. The summed E-state index contributed by atoms with van der Waals surface area (Å²) in [5.41, 5.74) is 4.64. The lowest BCUT2D eigenvalue weighted by atomic mass is 10.0. The highest BCUT2D eigenvalue weighted by Crippen LogP contribution is 2.24. The Morgan fingerprint density at radius 3 is 3.00 bits per heavy atom. The fourth-order valence-corrected chi connectivity index (χ4v) is 2.60. The highest BCUT2D eigenvalue weighted by Gasteiger charge is 2.17. The fourth-order valence-electron chi connectivity index (χ4n) is 2.60. The Morgan fingerprint density at radius 1 is 1.30 bits per heavy atom. The Labute approximate surface area is 119 Å². The summed E-state index contributed by atoms with van der Waals surface area (Å²) in [6, 6.07) is 7.93. The number of hydrogen-bond acceptors (Lipinski definition) is 4. The molecule has 1 N–H and O–H groups in total. The summed E-state index contributed by atoms with van der Waals surface area (Å²) >= 11 is 0. The summed E-state index contributed by atoms with van der Waals surface area (Å²) in [5, 5.41) is 3.39. The zero-order valence-corrected chi connectivity index (χ0v) is 11.9. The van der Waals surface area contributed by atoms with E-state index in [2.05, 4.69) is 12.2 Å². The molecule has 1 aliphatic heterocycles. The number of methoxy groups -OCH3 is 1. The topological polar surface area (TPSA) is 47.0 Å². The minimum absolute atomic E-state index is 0.807. The molecule has 0 fully saturated rings. The molecule has 0 radical (unpaired) electrons. The molecule has 2 aromatic rings. The summed E-state index contributed by atoms with van der Waals surface area (Å²) in [6.45, 7) is 4.02. The number of hydrogen-bond donors (Lipinski definition) is 1. The van der Waals surface area contributed by atoms with Gasteiger partial charge in [-0.1, -0.05) is 19.1 Å². The predicted octanol–water partition coefficient (Wildman–Crippen LogP) is 2.36. The summed E-state index contributed by atoms with van der Waals surface area (Å²) in [4.78, 5) is 9.50. The van der Waals surface area contributed by atoms with E-state index in [4.69, 9.17) is 14.7 Å². The minimum atomic E-state index is 0.807. The van der Waals surface area contributed by atoms with E-state index in [0.717, 1.165) is 48.8 Å². The van der Waals surface area contributed by atoms with Crippen LogP contribution in [0.25, 0.3) is 11.4 Å². The van der Waals surface area contributed by atoms with Gasteiger partial charge in [0.25, 0.3) is 0 Å². The van der Waals surface area contributed by atoms with E-state index in [-0.39, 0.29) is 0 Å². The zero-order chi connectivity index (χ0) is 13.9. The van der Waals surface area contributed by atoms with Crippen molar-refractivity contribution in [1.29, 1.82) is 0 Å². The third kappa shape index (κ3) is 2.39. The largest absolute Gasteiger partial charge is 0.497 e. The second kappa shape index (κ2) is 5.59. The molecule has 0 aliphatic carbocycles.